The highest BCUT2D eigenvalue weighted by molar-refractivity contribution is 5.95. The standard InChI is InChI=1S/C14H19N5O3/c1-8(13-9(2)17-18(4)10(13)3)14(22)16-11-5-15-19(6-11)7-12(20)21/h5-6,8H,7H2,1-4H3,(H,16,22)(H,20,21). The maximum Gasteiger partial charge on any atom is 0.325 e. The first-order valence-corrected chi connectivity index (χ1v) is 6.84. The van der Waals surface area contributed by atoms with Gasteiger partial charge in [0.2, 0.25) is 5.91 Å². The van der Waals surface area contributed by atoms with E-state index in [2.05, 4.69) is 15.5 Å². The number of carboxylic acid groups (broad SMARTS) is 1. The number of carbonyl (C=O) groups excluding carboxylic acids is 1. The van der Waals surface area contributed by atoms with Crippen molar-refractivity contribution < 1.29 is 14.7 Å². The molecule has 1 atom stereocenters. The summed E-state index contributed by atoms with van der Waals surface area (Å²) in [5.74, 6) is -1.54. The van der Waals surface area contributed by atoms with Crippen molar-refractivity contribution in [3.8, 4) is 0 Å². The fraction of sp³-hybridized carbons (Fsp3) is 0.429. The molecule has 0 saturated heterocycles. The average molecular weight is 305 g/mol. The smallest absolute Gasteiger partial charge is 0.325 e. The van der Waals surface area contributed by atoms with Gasteiger partial charge in [0, 0.05) is 24.5 Å². The van der Waals surface area contributed by atoms with E-state index in [4.69, 9.17) is 5.11 Å². The minimum atomic E-state index is -0.990. The number of nitrogens with one attached hydrogen (secondary N) is 1. The molecule has 0 aromatic carbocycles. The minimum absolute atomic E-state index is 0.186. The van der Waals surface area contributed by atoms with Gasteiger partial charge in [-0.15, -0.1) is 0 Å². The lowest BCUT2D eigenvalue weighted by atomic mass is 9.98. The zero-order valence-electron chi connectivity index (χ0n) is 13.0. The van der Waals surface area contributed by atoms with E-state index in [1.165, 1.54) is 17.1 Å². The summed E-state index contributed by atoms with van der Waals surface area (Å²) >= 11 is 0. The van der Waals surface area contributed by atoms with Crippen LogP contribution < -0.4 is 5.32 Å². The maximum atomic E-state index is 12.4. The number of amides is 1. The summed E-state index contributed by atoms with van der Waals surface area (Å²) in [6.45, 7) is 5.36. The van der Waals surface area contributed by atoms with Crippen molar-refractivity contribution >= 4 is 17.6 Å². The predicted octanol–water partition coefficient (Wildman–Crippen LogP) is 1.06. The molecule has 0 spiro atoms. The zero-order valence-corrected chi connectivity index (χ0v) is 13.0. The molecule has 2 heterocycles. The van der Waals surface area contributed by atoms with Gasteiger partial charge in [0.25, 0.3) is 0 Å². The first kappa shape index (κ1) is 15.7. The molecule has 2 N–H and O–H groups in total. The molecular weight excluding hydrogens is 286 g/mol. The quantitative estimate of drug-likeness (QED) is 0.860. The monoisotopic (exact) mass is 305 g/mol. The van der Waals surface area contributed by atoms with E-state index in [9.17, 15) is 9.59 Å². The summed E-state index contributed by atoms with van der Waals surface area (Å²) in [6, 6.07) is 0. The molecule has 0 aliphatic heterocycles. The lowest BCUT2D eigenvalue weighted by Crippen LogP contribution is -2.19. The normalized spacial score (nSPS) is 12.2. The molecule has 1 unspecified atom stereocenters. The Labute approximate surface area is 127 Å². The summed E-state index contributed by atoms with van der Waals surface area (Å²) in [4.78, 5) is 23.0. The summed E-state index contributed by atoms with van der Waals surface area (Å²) in [5, 5.41) is 19.6. The van der Waals surface area contributed by atoms with E-state index in [1.54, 1.807) is 4.68 Å². The maximum absolute atomic E-state index is 12.4. The molecule has 0 fully saturated rings. The molecule has 0 bridgehead atoms. The summed E-state index contributed by atoms with van der Waals surface area (Å²) in [6.07, 6.45) is 2.91. The van der Waals surface area contributed by atoms with Crippen molar-refractivity contribution in [2.75, 3.05) is 5.32 Å². The van der Waals surface area contributed by atoms with Crippen LogP contribution >= 0.6 is 0 Å². The van der Waals surface area contributed by atoms with E-state index in [1.807, 2.05) is 27.8 Å². The topological polar surface area (TPSA) is 102 Å². The molecule has 0 radical (unpaired) electrons. The second kappa shape index (κ2) is 6.00. The Hall–Kier alpha value is -2.64. The highest BCUT2D eigenvalue weighted by Crippen LogP contribution is 2.24. The van der Waals surface area contributed by atoms with E-state index in [-0.39, 0.29) is 18.4 Å². The van der Waals surface area contributed by atoms with Gasteiger partial charge in [-0.25, -0.2) is 0 Å². The number of anilines is 1. The summed E-state index contributed by atoms with van der Waals surface area (Å²) < 4.78 is 3.00. The van der Waals surface area contributed by atoms with Gasteiger partial charge in [-0.2, -0.15) is 10.2 Å². The highest BCUT2D eigenvalue weighted by atomic mass is 16.4. The number of aryl methyl sites for hydroxylation is 2. The number of hydrogen-bond acceptors (Lipinski definition) is 4. The van der Waals surface area contributed by atoms with Crippen LogP contribution in [0.4, 0.5) is 5.69 Å². The highest BCUT2D eigenvalue weighted by Gasteiger charge is 2.23. The molecule has 22 heavy (non-hydrogen) atoms. The van der Waals surface area contributed by atoms with Crippen molar-refractivity contribution in [2.24, 2.45) is 7.05 Å². The third kappa shape index (κ3) is 3.16. The molecule has 8 heteroatoms. The molecule has 0 aliphatic carbocycles. The van der Waals surface area contributed by atoms with Gasteiger partial charge in [-0.3, -0.25) is 19.0 Å². The number of rotatable bonds is 5. The van der Waals surface area contributed by atoms with E-state index in [0.717, 1.165) is 17.0 Å². The molecule has 118 valence electrons. The Morgan fingerprint density at radius 3 is 2.64 bits per heavy atom. The largest absolute Gasteiger partial charge is 0.480 e. The van der Waals surface area contributed by atoms with Crippen LogP contribution in [0, 0.1) is 13.8 Å². The number of carbonyl (C=O) groups is 2. The fourth-order valence-electron chi connectivity index (χ4n) is 2.45. The number of aromatic nitrogens is 4. The van der Waals surface area contributed by atoms with E-state index < -0.39 is 5.97 Å². The van der Waals surface area contributed by atoms with Gasteiger partial charge in [-0.05, 0) is 20.8 Å². The Kier molecular flexibility index (Phi) is 4.30. The van der Waals surface area contributed by atoms with Crippen molar-refractivity contribution in [3.05, 3.63) is 29.3 Å². The van der Waals surface area contributed by atoms with Crippen LogP contribution in [-0.2, 0) is 23.2 Å². The average Bonchev–Trinajstić information content (AvgIpc) is 2.94. The lowest BCUT2D eigenvalue weighted by Gasteiger charge is -2.12. The molecule has 8 nitrogen and oxygen atoms in total. The van der Waals surface area contributed by atoms with E-state index in [0.29, 0.717) is 5.69 Å². The first-order chi connectivity index (χ1) is 10.3. The zero-order chi connectivity index (χ0) is 16.4. The fourth-order valence-corrected chi connectivity index (χ4v) is 2.45. The Balaban J connectivity index is 2.11. The SMILES string of the molecule is Cc1nn(C)c(C)c1C(C)C(=O)Nc1cnn(CC(=O)O)c1. The molecular formula is C14H19N5O3. The number of nitrogens with zero attached hydrogens (tertiary/aromatic N) is 4. The van der Waals surface area contributed by atoms with Crippen LogP contribution in [0.1, 0.15) is 29.8 Å². The molecule has 2 aromatic rings. The van der Waals surface area contributed by atoms with Crippen LogP contribution in [0.5, 0.6) is 0 Å². The van der Waals surface area contributed by atoms with Crippen LogP contribution in [0.15, 0.2) is 12.4 Å². The van der Waals surface area contributed by atoms with E-state index >= 15 is 0 Å². The molecule has 0 saturated carbocycles. The van der Waals surface area contributed by atoms with Crippen molar-refractivity contribution in [1.82, 2.24) is 19.6 Å². The van der Waals surface area contributed by atoms with Gasteiger partial charge in [-0.1, -0.05) is 0 Å². The third-order valence-corrected chi connectivity index (χ3v) is 3.59. The van der Waals surface area contributed by atoms with Crippen LogP contribution in [-0.4, -0.2) is 36.5 Å². The molecule has 1 amide bonds. The van der Waals surface area contributed by atoms with Gasteiger partial charge < -0.3 is 10.4 Å². The lowest BCUT2D eigenvalue weighted by molar-refractivity contribution is -0.137. The van der Waals surface area contributed by atoms with Crippen LogP contribution in [0.2, 0.25) is 0 Å². The predicted molar refractivity (Wildman–Crippen MR) is 79.6 cm³/mol. The van der Waals surface area contributed by atoms with Gasteiger partial charge in [0.1, 0.15) is 6.54 Å². The van der Waals surface area contributed by atoms with Crippen molar-refractivity contribution in [3.63, 3.8) is 0 Å². The summed E-state index contributed by atoms with van der Waals surface area (Å²) in [5.41, 5.74) is 3.14. The van der Waals surface area contributed by atoms with Crippen molar-refractivity contribution in [2.45, 2.75) is 33.2 Å². The molecule has 2 aromatic heterocycles. The Bertz CT molecular complexity index is 716. The minimum Gasteiger partial charge on any atom is -0.480 e. The van der Waals surface area contributed by atoms with Crippen molar-refractivity contribution in [1.29, 1.82) is 0 Å². The number of hydrogen-bond donors (Lipinski definition) is 2. The second-order valence-corrected chi connectivity index (χ2v) is 5.24. The number of carboxylic acids is 1. The van der Waals surface area contributed by atoms with Gasteiger partial charge >= 0.3 is 5.97 Å². The third-order valence-electron chi connectivity index (χ3n) is 3.59. The Morgan fingerprint density at radius 2 is 2.09 bits per heavy atom. The van der Waals surface area contributed by atoms with Crippen LogP contribution in [0.25, 0.3) is 0 Å². The van der Waals surface area contributed by atoms with Gasteiger partial charge in [0.15, 0.2) is 0 Å². The van der Waals surface area contributed by atoms with Gasteiger partial charge in [0.05, 0.1) is 23.5 Å². The molecule has 2 rings (SSSR count). The summed E-state index contributed by atoms with van der Waals surface area (Å²) in [7, 11) is 1.84. The second-order valence-electron chi connectivity index (χ2n) is 5.24. The van der Waals surface area contributed by atoms with Crippen LogP contribution in [0.3, 0.4) is 0 Å². The Morgan fingerprint density at radius 1 is 1.41 bits per heavy atom. The molecule has 0 aliphatic rings. The number of aliphatic carboxylic acids is 1. The first-order valence-electron chi connectivity index (χ1n) is 6.84.